The smallest absolute Gasteiger partial charge is 0.139 e. The maximum Gasteiger partial charge on any atom is 0.139 e. The van der Waals surface area contributed by atoms with Crippen molar-refractivity contribution in [2.45, 2.75) is 0 Å². The summed E-state index contributed by atoms with van der Waals surface area (Å²) in [7, 11) is 2.64. The molecule has 0 aliphatic heterocycles. The number of pyridine rings is 1. The first kappa shape index (κ1) is 7.95. The topological polar surface area (TPSA) is 26.0 Å². The van der Waals surface area contributed by atoms with Gasteiger partial charge in [-0.3, -0.25) is 4.98 Å². The molecule has 2 heterocycles. The van der Waals surface area contributed by atoms with Crippen molar-refractivity contribution >= 4 is 36.6 Å². The van der Waals surface area contributed by atoms with E-state index in [1.807, 2.05) is 24.3 Å². The summed E-state index contributed by atoms with van der Waals surface area (Å²) in [4.78, 5) is 4.23. The van der Waals surface area contributed by atoms with Crippen molar-refractivity contribution < 1.29 is 4.42 Å². The molecule has 14 heavy (non-hydrogen) atoms. The minimum atomic E-state index is 0.895. The zero-order valence-corrected chi connectivity index (χ0v) is 8.55. The van der Waals surface area contributed by atoms with Crippen LogP contribution < -0.4 is 5.44 Å². The maximum absolute atomic E-state index is 5.68. The molecule has 0 spiro atoms. The van der Waals surface area contributed by atoms with Crippen LogP contribution in [0.3, 0.4) is 0 Å². The van der Waals surface area contributed by atoms with E-state index in [0.717, 1.165) is 27.4 Å². The van der Waals surface area contributed by atoms with E-state index in [4.69, 9.17) is 4.42 Å². The minimum Gasteiger partial charge on any atom is -0.456 e. The molecule has 3 heteroatoms. The molecule has 3 rings (SSSR count). The molecule has 2 nitrogen and oxygen atoms in total. The Morgan fingerprint density at radius 1 is 1.07 bits per heavy atom. The molecule has 0 aliphatic rings. The Bertz CT molecular complexity index is 615. The fourth-order valence-corrected chi connectivity index (χ4v) is 2.08. The highest BCUT2D eigenvalue weighted by Crippen LogP contribution is 2.26. The summed E-state index contributed by atoms with van der Waals surface area (Å²) in [5, 5.41) is 2.22. The predicted molar refractivity (Wildman–Crippen MR) is 60.9 cm³/mol. The van der Waals surface area contributed by atoms with Gasteiger partial charge in [0.05, 0.1) is 10.8 Å². The molecule has 0 saturated carbocycles. The van der Waals surface area contributed by atoms with Gasteiger partial charge in [0.15, 0.2) is 0 Å². The van der Waals surface area contributed by atoms with Crippen molar-refractivity contribution in [3.8, 4) is 0 Å². The molecule has 0 saturated heterocycles. The van der Waals surface area contributed by atoms with Crippen LogP contribution in [0.1, 0.15) is 0 Å². The summed E-state index contributed by atoms with van der Waals surface area (Å²) in [6.45, 7) is 0. The van der Waals surface area contributed by atoms with Crippen LogP contribution in [0.15, 0.2) is 40.9 Å². The first-order chi connectivity index (χ1) is 6.86. The van der Waals surface area contributed by atoms with Gasteiger partial charge >= 0.3 is 0 Å². The summed E-state index contributed by atoms with van der Waals surface area (Å²) in [6.07, 6.45) is 1.76. The van der Waals surface area contributed by atoms with E-state index < -0.39 is 0 Å². The summed E-state index contributed by atoms with van der Waals surface area (Å²) in [6, 6.07) is 9.90. The largest absolute Gasteiger partial charge is 0.456 e. The Labute approximate surface area is 83.1 Å². The maximum atomic E-state index is 5.68. The highest BCUT2D eigenvalue weighted by Gasteiger charge is 2.07. The van der Waals surface area contributed by atoms with Gasteiger partial charge in [0.25, 0.3) is 0 Å². The van der Waals surface area contributed by atoms with E-state index in [1.54, 1.807) is 6.20 Å². The van der Waals surface area contributed by atoms with Crippen LogP contribution in [-0.4, -0.2) is 4.98 Å². The Morgan fingerprint density at radius 3 is 2.86 bits per heavy atom. The van der Waals surface area contributed by atoms with Gasteiger partial charge in [-0.05, 0) is 12.1 Å². The van der Waals surface area contributed by atoms with Crippen molar-refractivity contribution in [2.24, 2.45) is 0 Å². The zero-order valence-electron chi connectivity index (χ0n) is 7.40. The Balaban J connectivity index is 2.65. The van der Waals surface area contributed by atoms with Gasteiger partial charge in [-0.25, -0.2) is 0 Å². The van der Waals surface area contributed by atoms with E-state index in [2.05, 4.69) is 20.3 Å². The number of para-hydroxylation sites is 1. The summed E-state index contributed by atoms with van der Waals surface area (Å²) < 4.78 is 5.68. The van der Waals surface area contributed by atoms with E-state index in [1.165, 1.54) is 0 Å². The van der Waals surface area contributed by atoms with Gasteiger partial charge < -0.3 is 4.42 Å². The first-order valence-corrected chi connectivity index (χ1v) is 4.96. The van der Waals surface area contributed by atoms with Crippen LogP contribution in [0, 0.1) is 0 Å². The minimum absolute atomic E-state index is 0.895. The van der Waals surface area contributed by atoms with E-state index >= 15 is 0 Å². The monoisotopic (exact) mass is 201 g/mol. The number of hydrogen-bond acceptors (Lipinski definition) is 2. The molecule has 0 N–H and O–H groups in total. The quantitative estimate of drug-likeness (QED) is 0.522. The number of furan rings is 1. The average molecular weight is 201 g/mol. The Hall–Kier alpha value is -1.40. The zero-order chi connectivity index (χ0) is 9.54. The molecule has 0 bridgehead atoms. The second kappa shape index (κ2) is 2.79. The average Bonchev–Trinajstić information content (AvgIpc) is 2.57. The van der Waals surface area contributed by atoms with Gasteiger partial charge in [-0.15, -0.1) is 0 Å². The van der Waals surface area contributed by atoms with Crippen LogP contribution in [0.2, 0.25) is 0 Å². The summed E-state index contributed by atoms with van der Waals surface area (Å²) in [5.41, 5.74) is 2.75. The van der Waals surface area contributed by atoms with Crippen LogP contribution >= 0.6 is 9.24 Å². The predicted octanol–water partition coefficient (Wildman–Crippen LogP) is 2.48. The van der Waals surface area contributed by atoms with Crippen LogP contribution in [0.5, 0.6) is 0 Å². The molecule has 0 aliphatic carbocycles. The van der Waals surface area contributed by atoms with Crippen molar-refractivity contribution in [3.05, 3.63) is 36.5 Å². The Morgan fingerprint density at radius 2 is 1.93 bits per heavy atom. The lowest BCUT2D eigenvalue weighted by atomic mass is 10.2. The van der Waals surface area contributed by atoms with E-state index in [0.29, 0.717) is 0 Å². The number of fused-ring (bicyclic) bond motifs is 3. The molecule has 2 aromatic heterocycles. The van der Waals surface area contributed by atoms with E-state index in [-0.39, 0.29) is 0 Å². The summed E-state index contributed by atoms with van der Waals surface area (Å²) >= 11 is 0. The molecule has 1 aromatic carbocycles. The van der Waals surface area contributed by atoms with Gasteiger partial charge in [0, 0.05) is 11.6 Å². The lowest BCUT2D eigenvalue weighted by molar-refractivity contribution is 0.668. The number of nitrogens with zero attached hydrogens (tertiary/aromatic N) is 1. The number of benzene rings is 1. The molecule has 1 atom stereocenters. The van der Waals surface area contributed by atoms with Gasteiger partial charge in [-0.1, -0.05) is 27.4 Å². The summed E-state index contributed by atoms with van der Waals surface area (Å²) in [5.74, 6) is 0. The van der Waals surface area contributed by atoms with Crippen LogP contribution in [-0.2, 0) is 0 Å². The molecular formula is C11H8NOP. The number of aromatic nitrogens is 1. The second-order valence-electron chi connectivity index (χ2n) is 3.17. The fraction of sp³-hybridized carbons (Fsp3) is 0. The van der Waals surface area contributed by atoms with Crippen LogP contribution in [0.25, 0.3) is 21.9 Å². The van der Waals surface area contributed by atoms with Gasteiger partial charge in [0.2, 0.25) is 0 Å². The van der Waals surface area contributed by atoms with Crippen molar-refractivity contribution in [3.63, 3.8) is 0 Å². The molecule has 68 valence electrons. The lowest BCUT2D eigenvalue weighted by Crippen LogP contribution is -1.95. The molecule has 3 aromatic rings. The Kier molecular flexibility index (Phi) is 1.59. The highest BCUT2D eigenvalue weighted by atomic mass is 31.0. The third-order valence-electron chi connectivity index (χ3n) is 2.32. The molecule has 0 radical (unpaired) electrons. The lowest BCUT2D eigenvalue weighted by Gasteiger charge is -1.92. The normalized spacial score (nSPS) is 11.2. The molecule has 0 fully saturated rings. The van der Waals surface area contributed by atoms with Crippen molar-refractivity contribution in [1.29, 1.82) is 0 Å². The van der Waals surface area contributed by atoms with E-state index in [9.17, 15) is 0 Å². The standard InChI is InChI=1S/C11H8NOP/c14-11-10-7-3-1-2-4-8(7)13-9(10)5-6-12-11/h1-6H,14H2. The number of rotatable bonds is 0. The van der Waals surface area contributed by atoms with Crippen molar-refractivity contribution in [2.75, 3.05) is 0 Å². The molecular weight excluding hydrogens is 193 g/mol. The highest BCUT2D eigenvalue weighted by molar-refractivity contribution is 7.28. The SMILES string of the molecule is Pc1nccc2oc3ccccc3c12. The third-order valence-corrected chi connectivity index (χ3v) is 2.76. The van der Waals surface area contributed by atoms with Gasteiger partial charge in [-0.2, -0.15) is 0 Å². The second-order valence-corrected chi connectivity index (χ2v) is 3.71. The number of hydrogen-bond donors (Lipinski definition) is 0. The first-order valence-electron chi connectivity index (χ1n) is 4.38. The van der Waals surface area contributed by atoms with Crippen molar-refractivity contribution in [1.82, 2.24) is 4.98 Å². The van der Waals surface area contributed by atoms with Gasteiger partial charge in [0.1, 0.15) is 11.2 Å². The third kappa shape index (κ3) is 0.978. The fourth-order valence-electron chi connectivity index (χ4n) is 1.70. The molecule has 1 unspecified atom stereocenters. The molecule has 0 amide bonds. The van der Waals surface area contributed by atoms with Crippen LogP contribution in [0.4, 0.5) is 0 Å².